The Morgan fingerprint density at radius 1 is 1.03 bits per heavy atom. The van der Waals surface area contributed by atoms with Crippen LogP contribution < -0.4 is 14.8 Å². The van der Waals surface area contributed by atoms with Gasteiger partial charge in [0.05, 0.1) is 30.0 Å². The van der Waals surface area contributed by atoms with Crippen LogP contribution in [0.15, 0.2) is 60.9 Å². The summed E-state index contributed by atoms with van der Waals surface area (Å²) in [5.41, 5.74) is 3.47. The zero-order chi connectivity index (χ0) is 24.1. The van der Waals surface area contributed by atoms with Crippen molar-refractivity contribution in [3.8, 4) is 28.3 Å². The van der Waals surface area contributed by atoms with Gasteiger partial charge in [-0.25, -0.2) is 4.68 Å². The van der Waals surface area contributed by atoms with E-state index in [1.807, 2.05) is 30.3 Å². The molecule has 34 heavy (non-hydrogen) atoms. The lowest BCUT2D eigenvalue weighted by atomic mass is 10.0. The Balaban J connectivity index is 1.57. The highest BCUT2D eigenvalue weighted by molar-refractivity contribution is 6.43. The SMILES string of the molecule is COc1ccc(CCNC(=O)c2cc(-c3cccc(Cl)c3Cl)cc(-n3cnnn3)c2)cc1OC. The molecular formula is C24H21Cl2N5O3. The van der Waals surface area contributed by atoms with Crippen molar-refractivity contribution in [3.05, 3.63) is 82.1 Å². The largest absolute Gasteiger partial charge is 0.493 e. The van der Waals surface area contributed by atoms with E-state index < -0.39 is 0 Å². The predicted octanol–water partition coefficient (Wildman–Crippen LogP) is 4.63. The van der Waals surface area contributed by atoms with Gasteiger partial charge >= 0.3 is 0 Å². The number of tetrazole rings is 1. The number of carbonyl (C=O) groups is 1. The second-order valence-corrected chi connectivity index (χ2v) is 8.10. The summed E-state index contributed by atoms with van der Waals surface area (Å²) in [4.78, 5) is 13.0. The summed E-state index contributed by atoms with van der Waals surface area (Å²) in [7, 11) is 3.18. The molecule has 0 radical (unpaired) electrons. The minimum Gasteiger partial charge on any atom is -0.493 e. The lowest BCUT2D eigenvalue weighted by Gasteiger charge is -2.12. The maximum absolute atomic E-state index is 13.0. The molecule has 8 nitrogen and oxygen atoms in total. The molecule has 0 bridgehead atoms. The molecule has 0 aliphatic carbocycles. The first kappa shape index (κ1) is 23.5. The molecule has 0 spiro atoms. The molecule has 4 aromatic rings. The van der Waals surface area contributed by atoms with Gasteiger partial charge in [-0.3, -0.25) is 4.79 Å². The van der Waals surface area contributed by atoms with E-state index in [2.05, 4.69) is 20.8 Å². The average Bonchev–Trinajstić information content (AvgIpc) is 3.40. The Labute approximate surface area is 206 Å². The fraction of sp³-hybridized carbons (Fsp3) is 0.167. The number of aromatic nitrogens is 4. The van der Waals surface area contributed by atoms with E-state index in [0.717, 1.165) is 5.56 Å². The molecule has 0 aliphatic heterocycles. The number of ether oxygens (including phenoxy) is 2. The fourth-order valence-electron chi connectivity index (χ4n) is 3.49. The van der Waals surface area contributed by atoms with Gasteiger partial charge in [0.25, 0.3) is 5.91 Å². The van der Waals surface area contributed by atoms with Gasteiger partial charge in [0.1, 0.15) is 6.33 Å². The first-order valence-corrected chi connectivity index (χ1v) is 11.1. The summed E-state index contributed by atoms with van der Waals surface area (Å²) >= 11 is 12.6. The van der Waals surface area contributed by atoms with Crippen LogP contribution in [0.3, 0.4) is 0 Å². The molecule has 10 heteroatoms. The van der Waals surface area contributed by atoms with Gasteiger partial charge in [-0.15, -0.1) is 5.10 Å². The molecular weight excluding hydrogens is 477 g/mol. The molecule has 0 saturated carbocycles. The molecule has 0 atom stereocenters. The third kappa shape index (κ3) is 5.13. The number of amides is 1. The van der Waals surface area contributed by atoms with E-state index in [1.165, 1.54) is 11.0 Å². The number of rotatable bonds is 8. The Morgan fingerprint density at radius 3 is 2.59 bits per heavy atom. The second-order valence-electron chi connectivity index (χ2n) is 7.32. The topological polar surface area (TPSA) is 91.2 Å². The zero-order valence-corrected chi connectivity index (χ0v) is 20.0. The standard InChI is InChI=1S/C24H21Cl2N5O3/c1-33-21-7-6-15(10-22(21)34-2)8-9-27-24(32)17-11-16(19-4-3-5-20(25)23(19)26)12-18(13-17)31-14-28-29-30-31/h3-7,10-14H,8-9H2,1-2H3,(H,27,32). The third-order valence-electron chi connectivity index (χ3n) is 5.20. The molecule has 1 amide bonds. The van der Waals surface area contributed by atoms with Crippen molar-refractivity contribution in [1.82, 2.24) is 25.5 Å². The quantitative estimate of drug-likeness (QED) is 0.381. The maximum atomic E-state index is 13.0. The van der Waals surface area contributed by atoms with Crippen LogP contribution in [0.4, 0.5) is 0 Å². The number of halogens is 2. The molecule has 0 saturated heterocycles. The number of hydrogen-bond acceptors (Lipinski definition) is 6. The molecule has 3 aromatic carbocycles. The lowest BCUT2D eigenvalue weighted by Crippen LogP contribution is -2.26. The monoisotopic (exact) mass is 497 g/mol. The second kappa shape index (κ2) is 10.5. The number of nitrogens with one attached hydrogen (secondary N) is 1. The van der Waals surface area contributed by atoms with Gasteiger partial charge in [-0.1, -0.05) is 41.4 Å². The van der Waals surface area contributed by atoms with Crippen LogP contribution in [0, 0.1) is 0 Å². The molecule has 4 rings (SSSR count). The fourth-order valence-corrected chi connectivity index (χ4v) is 3.90. The lowest BCUT2D eigenvalue weighted by molar-refractivity contribution is 0.0954. The van der Waals surface area contributed by atoms with Crippen LogP contribution in [-0.2, 0) is 6.42 Å². The molecule has 174 valence electrons. The summed E-state index contributed by atoms with van der Waals surface area (Å²) < 4.78 is 12.1. The number of methoxy groups -OCH3 is 2. The maximum Gasteiger partial charge on any atom is 0.251 e. The van der Waals surface area contributed by atoms with Crippen LogP contribution in [0.5, 0.6) is 11.5 Å². The number of nitrogens with zero attached hydrogens (tertiary/aromatic N) is 4. The van der Waals surface area contributed by atoms with Crippen LogP contribution in [0.25, 0.3) is 16.8 Å². The van der Waals surface area contributed by atoms with Crippen LogP contribution in [0.1, 0.15) is 15.9 Å². The zero-order valence-electron chi connectivity index (χ0n) is 18.5. The highest BCUT2D eigenvalue weighted by Gasteiger charge is 2.14. The Hall–Kier alpha value is -3.62. The van der Waals surface area contributed by atoms with E-state index >= 15 is 0 Å². The van der Waals surface area contributed by atoms with Crippen LogP contribution in [-0.4, -0.2) is 46.9 Å². The predicted molar refractivity (Wildman–Crippen MR) is 130 cm³/mol. The Kier molecular flexibility index (Phi) is 7.30. The molecule has 0 fully saturated rings. The van der Waals surface area contributed by atoms with Gasteiger partial charge in [0.2, 0.25) is 0 Å². The first-order chi connectivity index (χ1) is 16.5. The van der Waals surface area contributed by atoms with Crippen molar-refractivity contribution in [1.29, 1.82) is 0 Å². The summed E-state index contributed by atoms with van der Waals surface area (Å²) in [5.74, 6) is 1.06. The van der Waals surface area contributed by atoms with Gasteiger partial charge in [-0.2, -0.15) is 0 Å². The summed E-state index contributed by atoms with van der Waals surface area (Å²) in [6, 6.07) is 16.3. The normalized spacial score (nSPS) is 10.7. The summed E-state index contributed by atoms with van der Waals surface area (Å²) in [6.45, 7) is 0.427. The molecule has 1 heterocycles. The van der Waals surface area contributed by atoms with Crippen molar-refractivity contribution in [2.75, 3.05) is 20.8 Å². The van der Waals surface area contributed by atoms with Crippen molar-refractivity contribution >= 4 is 29.1 Å². The minimum absolute atomic E-state index is 0.241. The van der Waals surface area contributed by atoms with Gasteiger partial charge < -0.3 is 14.8 Å². The number of hydrogen-bond donors (Lipinski definition) is 1. The van der Waals surface area contributed by atoms with Gasteiger partial charge in [-0.05, 0) is 64.4 Å². The van der Waals surface area contributed by atoms with Crippen molar-refractivity contribution < 1.29 is 14.3 Å². The summed E-state index contributed by atoms with van der Waals surface area (Å²) in [5, 5.41) is 15.1. The van der Waals surface area contributed by atoms with E-state index in [1.54, 1.807) is 38.5 Å². The summed E-state index contributed by atoms with van der Waals surface area (Å²) in [6.07, 6.45) is 2.07. The number of carbonyl (C=O) groups excluding carboxylic acids is 1. The highest BCUT2D eigenvalue weighted by atomic mass is 35.5. The molecule has 0 aliphatic rings. The van der Waals surface area contributed by atoms with Gasteiger partial charge in [0.15, 0.2) is 11.5 Å². The highest BCUT2D eigenvalue weighted by Crippen LogP contribution is 2.35. The van der Waals surface area contributed by atoms with Crippen LogP contribution in [0.2, 0.25) is 10.0 Å². The Morgan fingerprint density at radius 2 is 1.85 bits per heavy atom. The van der Waals surface area contributed by atoms with Crippen molar-refractivity contribution in [3.63, 3.8) is 0 Å². The average molecular weight is 498 g/mol. The van der Waals surface area contributed by atoms with E-state index in [0.29, 0.717) is 56.9 Å². The van der Waals surface area contributed by atoms with Crippen LogP contribution >= 0.6 is 23.2 Å². The van der Waals surface area contributed by atoms with E-state index in [9.17, 15) is 4.79 Å². The number of benzene rings is 3. The van der Waals surface area contributed by atoms with Gasteiger partial charge in [0, 0.05) is 17.7 Å². The molecule has 1 aromatic heterocycles. The molecule has 0 unspecified atom stereocenters. The van der Waals surface area contributed by atoms with Crippen molar-refractivity contribution in [2.24, 2.45) is 0 Å². The van der Waals surface area contributed by atoms with Crippen molar-refractivity contribution in [2.45, 2.75) is 6.42 Å². The minimum atomic E-state index is -0.241. The molecule has 1 N–H and O–H groups in total. The van der Waals surface area contributed by atoms with E-state index in [4.69, 9.17) is 32.7 Å². The first-order valence-electron chi connectivity index (χ1n) is 10.3. The van der Waals surface area contributed by atoms with E-state index in [-0.39, 0.29) is 5.91 Å². The third-order valence-corrected chi connectivity index (χ3v) is 6.02. The Bertz CT molecular complexity index is 1310. The smallest absolute Gasteiger partial charge is 0.251 e.